The quantitative estimate of drug-likeness (QED) is 0.840. The van der Waals surface area contributed by atoms with Gasteiger partial charge in [-0.2, -0.15) is 0 Å². The Labute approximate surface area is 128 Å². The molecule has 0 bridgehead atoms. The first-order valence-electron chi connectivity index (χ1n) is 7.24. The molecule has 0 aromatic heterocycles. The fourth-order valence-corrected chi connectivity index (χ4v) is 3.45. The van der Waals surface area contributed by atoms with E-state index in [0.29, 0.717) is 6.54 Å². The summed E-state index contributed by atoms with van der Waals surface area (Å²) < 4.78 is 24.5. The Kier molecular flexibility index (Phi) is 5.56. The lowest BCUT2D eigenvalue weighted by Gasteiger charge is -2.27. The zero-order chi connectivity index (χ0) is 16.4. The normalized spacial score (nSPS) is 13.3. The van der Waals surface area contributed by atoms with Gasteiger partial charge >= 0.3 is 0 Å². The standard InChI is InChI=1S/C16H25NO3S/c1-7-17(15-10-12(4)8-9-13(15)5)16(18)14(6)21(19,20)11(2)3/h8-11,14H,7H2,1-6H3. The van der Waals surface area contributed by atoms with Crippen molar-refractivity contribution in [2.75, 3.05) is 11.4 Å². The number of carbonyl (C=O) groups excluding carboxylic acids is 1. The van der Waals surface area contributed by atoms with Gasteiger partial charge in [-0.3, -0.25) is 4.79 Å². The van der Waals surface area contributed by atoms with Crippen LogP contribution in [0.2, 0.25) is 0 Å². The third kappa shape index (κ3) is 3.64. The molecule has 0 saturated heterocycles. The summed E-state index contributed by atoms with van der Waals surface area (Å²) in [4.78, 5) is 14.2. The van der Waals surface area contributed by atoms with E-state index in [1.165, 1.54) is 6.92 Å². The van der Waals surface area contributed by atoms with E-state index in [0.717, 1.165) is 16.8 Å². The van der Waals surface area contributed by atoms with Gasteiger partial charge in [0.05, 0.1) is 5.25 Å². The highest BCUT2D eigenvalue weighted by Crippen LogP contribution is 2.24. The Hall–Kier alpha value is -1.36. The van der Waals surface area contributed by atoms with E-state index in [4.69, 9.17) is 0 Å². The molecule has 1 rings (SSSR count). The van der Waals surface area contributed by atoms with Gasteiger partial charge in [0, 0.05) is 12.2 Å². The SMILES string of the molecule is CCN(C(=O)C(C)S(=O)(=O)C(C)C)c1cc(C)ccc1C. The molecule has 0 radical (unpaired) electrons. The van der Waals surface area contributed by atoms with Crippen molar-refractivity contribution in [1.29, 1.82) is 0 Å². The van der Waals surface area contributed by atoms with Crippen LogP contribution in [0.3, 0.4) is 0 Å². The molecule has 0 aliphatic rings. The van der Waals surface area contributed by atoms with Gasteiger partial charge < -0.3 is 4.90 Å². The summed E-state index contributed by atoms with van der Waals surface area (Å²) >= 11 is 0. The molecule has 4 nitrogen and oxygen atoms in total. The number of rotatable bonds is 5. The second-order valence-electron chi connectivity index (χ2n) is 5.65. The van der Waals surface area contributed by atoms with Crippen molar-refractivity contribution in [3.63, 3.8) is 0 Å². The Bertz CT molecular complexity index is 620. The zero-order valence-corrected chi connectivity index (χ0v) is 14.5. The second-order valence-corrected chi connectivity index (χ2v) is 8.48. The van der Waals surface area contributed by atoms with Crippen LogP contribution in [-0.4, -0.2) is 31.4 Å². The number of carbonyl (C=O) groups is 1. The van der Waals surface area contributed by atoms with Gasteiger partial charge in [-0.15, -0.1) is 0 Å². The highest BCUT2D eigenvalue weighted by atomic mass is 32.2. The summed E-state index contributed by atoms with van der Waals surface area (Å²) in [6.45, 7) is 10.9. The van der Waals surface area contributed by atoms with Crippen LogP contribution in [0.5, 0.6) is 0 Å². The van der Waals surface area contributed by atoms with Crippen molar-refractivity contribution in [2.45, 2.75) is 52.0 Å². The number of hydrogen-bond acceptors (Lipinski definition) is 3. The summed E-state index contributed by atoms with van der Waals surface area (Å²) in [6.07, 6.45) is 0. The molecule has 0 aliphatic heterocycles. The predicted octanol–water partition coefficient (Wildman–Crippen LogP) is 2.87. The summed E-state index contributed by atoms with van der Waals surface area (Å²) in [5.41, 5.74) is 2.79. The highest BCUT2D eigenvalue weighted by Gasteiger charge is 2.34. The van der Waals surface area contributed by atoms with Gasteiger partial charge in [-0.05, 0) is 58.7 Å². The van der Waals surface area contributed by atoms with Crippen LogP contribution < -0.4 is 4.90 Å². The van der Waals surface area contributed by atoms with Crippen molar-refractivity contribution in [1.82, 2.24) is 0 Å². The minimum absolute atomic E-state index is 0.361. The minimum Gasteiger partial charge on any atom is -0.311 e. The number of sulfone groups is 1. The first-order chi connectivity index (χ1) is 9.62. The Balaban J connectivity index is 3.22. The molecule has 0 aliphatic carbocycles. The lowest BCUT2D eigenvalue weighted by molar-refractivity contribution is -0.117. The fourth-order valence-electron chi connectivity index (χ4n) is 2.22. The van der Waals surface area contributed by atoms with E-state index in [9.17, 15) is 13.2 Å². The molecule has 1 unspecified atom stereocenters. The number of anilines is 1. The van der Waals surface area contributed by atoms with E-state index < -0.39 is 20.3 Å². The highest BCUT2D eigenvalue weighted by molar-refractivity contribution is 7.93. The number of amides is 1. The van der Waals surface area contributed by atoms with Gasteiger partial charge in [0.1, 0.15) is 5.25 Å². The second kappa shape index (κ2) is 6.60. The van der Waals surface area contributed by atoms with Gasteiger partial charge in [-0.25, -0.2) is 8.42 Å². The molecule has 5 heteroatoms. The number of aryl methyl sites for hydroxylation is 2. The molecule has 1 aromatic rings. The van der Waals surface area contributed by atoms with Crippen LogP contribution in [0.4, 0.5) is 5.69 Å². The fraction of sp³-hybridized carbons (Fsp3) is 0.562. The molecule has 21 heavy (non-hydrogen) atoms. The summed E-state index contributed by atoms with van der Waals surface area (Å²) in [5, 5.41) is -1.59. The molecule has 118 valence electrons. The monoisotopic (exact) mass is 311 g/mol. The number of hydrogen-bond donors (Lipinski definition) is 0. The van der Waals surface area contributed by atoms with E-state index in [1.54, 1.807) is 18.7 Å². The third-order valence-electron chi connectivity index (χ3n) is 3.74. The first kappa shape index (κ1) is 17.7. The molecule has 0 heterocycles. The molecular weight excluding hydrogens is 286 g/mol. The average molecular weight is 311 g/mol. The molecule has 1 aromatic carbocycles. The van der Waals surface area contributed by atoms with Crippen molar-refractivity contribution in [3.05, 3.63) is 29.3 Å². The summed E-state index contributed by atoms with van der Waals surface area (Å²) in [6, 6.07) is 5.85. The average Bonchev–Trinajstić information content (AvgIpc) is 2.42. The van der Waals surface area contributed by atoms with E-state index in [-0.39, 0.29) is 5.91 Å². The topological polar surface area (TPSA) is 54.5 Å². The Morgan fingerprint density at radius 3 is 2.24 bits per heavy atom. The predicted molar refractivity (Wildman–Crippen MR) is 87.5 cm³/mol. The van der Waals surface area contributed by atoms with E-state index in [1.807, 2.05) is 39.0 Å². The van der Waals surface area contributed by atoms with Crippen molar-refractivity contribution in [2.24, 2.45) is 0 Å². The maximum absolute atomic E-state index is 12.6. The van der Waals surface area contributed by atoms with Gasteiger partial charge in [0.25, 0.3) is 0 Å². The summed E-state index contributed by atoms with van der Waals surface area (Å²) in [7, 11) is -3.45. The Morgan fingerprint density at radius 1 is 1.19 bits per heavy atom. The maximum Gasteiger partial charge on any atom is 0.245 e. The van der Waals surface area contributed by atoms with Crippen molar-refractivity contribution < 1.29 is 13.2 Å². The molecule has 0 fully saturated rings. The lowest BCUT2D eigenvalue weighted by atomic mass is 10.1. The van der Waals surface area contributed by atoms with Crippen LogP contribution in [-0.2, 0) is 14.6 Å². The van der Waals surface area contributed by atoms with Gasteiger partial charge in [0.2, 0.25) is 5.91 Å². The summed E-state index contributed by atoms with van der Waals surface area (Å²) in [5.74, 6) is -0.361. The van der Waals surface area contributed by atoms with Crippen LogP contribution >= 0.6 is 0 Å². The minimum atomic E-state index is -3.45. The van der Waals surface area contributed by atoms with E-state index >= 15 is 0 Å². The molecule has 1 amide bonds. The van der Waals surface area contributed by atoms with E-state index in [2.05, 4.69) is 0 Å². The van der Waals surface area contributed by atoms with Gasteiger partial charge in [0.15, 0.2) is 9.84 Å². The third-order valence-corrected chi connectivity index (χ3v) is 6.24. The maximum atomic E-state index is 12.6. The molecule has 0 saturated carbocycles. The first-order valence-corrected chi connectivity index (χ1v) is 8.85. The smallest absolute Gasteiger partial charge is 0.245 e. The van der Waals surface area contributed by atoms with Crippen LogP contribution in [0, 0.1) is 13.8 Å². The molecule has 0 N–H and O–H groups in total. The number of nitrogens with zero attached hydrogens (tertiary/aromatic N) is 1. The largest absolute Gasteiger partial charge is 0.311 e. The molecular formula is C16H25NO3S. The lowest BCUT2D eigenvalue weighted by Crippen LogP contribution is -2.44. The van der Waals surface area contributed by atoms with Crippen LogP contribution in [0.25, 0.3) is 0 Å². The van der Waals surface area contributed by atoms with Crippen molar-refractivity contribution in [3.8, 4) is 0 Å². The van der Waals surface area contributed by atoms with Crippen LogP contribution in [0.1, 0.15) is 38.8 Å². The zero-order valence-electron chi connectivity index (χ0n) is 13.7. The van der Waals surface area contributed by atoms with Crippen molar-refractivity contribution >= 4 is 21.4 Å². The molecule has 1 atom stereocenters. The Morgan fingerprint density at radius 2 is 1.76 bits per heavy atom. The molecule has 0 spiro atoms. The van der Waals surface area contributed by atoms with Gasteiger partial charge in [-0.1, -0.05) is 12.1 Å². The van der Waals surface area contributed by atoms with Crippen LogP contribution in [0.15, 0.2) is 18.2 Å². The number of benzene rings is 1.